The smallest absolute Gasteiger partial charge is 0.227 e. The monoisotopic (exact) mass is 328 g/mol. The van der Waals surface area contributed by atoms with E-state index in [1.54, 1.807) is 12.1 Å². The van der Waals surface area contributed by atoms with Gasteiger partial charge in [0.2, 0.25) is 11.8 Å². The van der Waals surface area contributed by atoms with E-state index in [4.69, 9.17) is 16.0 Å². The van der Waals surface area contributed by atoms with E-state index >= 15 is 0 Å². The average Bonchev–Trinajstić information content (AvgIpc) is 2.92. The third kappa shape index (κ3) is 3.22. The molecule has 0 saturated heterocycles. The van der Waals surface area contributed by atoms with Crippen LogP contribution in [-0.2, 0) is 4.79 Å². The number of fused-ring (bicyclic) bond motifs is 1. The third-order valence-electron chi connectivity index (χ3n) is 3.54. The molecule has 0 aliphatic heterocycles. The van der Waals surface area contributed by atoms with Crippen molar-refractivity contribution in [3.8, 4) is 11.5 Å². The molecule has 3 rings (SSSR count). The number of halogens is 1. The SMILES string of the molecule is Cc1ccc2oc(-c3ccc(NC(=O)C(C)C)c(Cl)c3)nc2c1. The molecule has 118 valence electrons. The summed E-state index contributed by atoms with van der Waals surface area (Å²) in [4.78, 5) is 16.3. The summed E-state index contributed by atoms with van der Waals surface area (Å²) in [5.74, 6) is 0.331. The van der Waals surface area contributed by atoms with Crippen molar-refractivity contribution in [2.75, 3.05) is 5.32 Å². The molecule has 0 atom stereocenters. The number of aryl methyl sites for hydroxylation is 1. The average molecular weight is 329 g/mol. The van der Waals surface area contributed by atoms with Gasteiger partial charge in [-0.3, -0.25) is 4.79 Å². The first-order chi connectivity index (χ1) is 10.9. The first kappa shape index (κ1) is 15.6. The number of rotatable bonds is 3. The van der Waals surface area contributed by atoms with Gasteiger partial charge in [-0.05, 0) is 42.8 Å². The zero-order valence-electron chi connectivity index (χ0n) is 13.2. The van der Waals surface area contributed by atoms with Gasteiger partial charge in [-0.2, -0.15) is 0 Å². The predicted octanol–water partition coefficient (Wildman–Crippen LogP) is 5.05. The van der Waals surface area contributed by atoms with Gasteiger partial charge in [0.15, 0.2) is 5.58 Å². The quantitative estimate of drug-likeness (QED) is 0.731. The highest BCUT2D eigenvalue weighted by Gasteiger charge is 2.13. The van der Waals surface area contributed by atoms with E-state index in [1.165, 1.54) is 0 Å². The lowest BCUT2D eigenvalue weighted by molar-refractivity contribution is -0.118. The van der Waals surface area contributed by atoms with Gasteiger partial charge < -0.3 is 9.73 Å². The van der Waals surface area contributed by atoms with E-state index in [1.807, 2.05) is 45.0 Å². The minimum atomic E-state index is -0.106. The van der Waals surface area contributed by atoms with Crippen molar-refractivity contribution in [1.29, 1.82) is 0 Å². The number of carbonyl (C=O) groups excluding carboxylic acids is 1. The Morgan fingerprint density at radius 2 is 2.00 bits per heavy atom. The molecule has 1 amide bonds. The second-order valence-corrected chi connectivity index (χ2v) is 6.24. The number of anilines is 1. The molecule has 0 aliphatic carbocycles. The number of hydrogen-bond acceptors (Lipinski definition) is 3. The molecule has 0 bridgehead atoms. The van der Waals surface area contributed by atoms with Gasteiger partial charge in [0.05, 0.1) is 10.7 Å². The second kappa shape index (κ2) is 6.05. The second-order valence-electron chi connectivity index (χ2n) is 5.83. The highest BCUT2D eigenvalue weighted by atomic mass is 35.5. The van der Waals surface area contributed by atoms with Gasteiger partial charge in [-0.25, -0.2) is 4.98 Å². The highest BCUT2D eigenvalue weighted by molar-refractivity contribution is 6.34. The molecule has 1 aromatic heterocycles. The summed E-state index contributed by atoms with van der Waals surface area (Å²) < 4.78 is 5.77. The lowest BCUT2D eigenvalue weighted by Gasteiger charge is -2.09. The molecule has 5 heteroatoms. The Balaban J connectivity index is 1.93. The summed E-state index contributed by atoms with van der Waals surface area (Å²) in [6, 6.07) is 11.2. The highest BCUT2D eigenvalue weighted by Crippen LogP contribution is 2.30. The Labute approximate surface area is 139 Å². The molecule has 2 aromatic carbocycles. The van der Waals surface area contributed by atoms with Crippen LogP contribution in [0.3, 0.4) is 0 Å². The van der Waals surface area contributed by atoms with Crippen molar-refractivity contribution in [1.82, 2.24) is 4.98 Å². The largest absolute Gasteiger partial charge is 0.436 e. The number of oxazole rings is 1. The van der Waals surface area contributed by atoms with Gasteiger partial charge in [0.25, 0.3) is 0 Å². The molecule has 0 spiro atoms. The van der Waals surface area contributed by atoms with Crippen molar-refractivity contribution in [2.24, 2.45) is 5.92 Å². The van der Waals surface area contributed by atoms with Crippen molar-refractivity contribution < 1.29 is 9.21 Å². The van der Waals surface area contributed by atoms with Crippen molar-refractivity contribution >= 4 is 34.3 Å². The fourth-order valence-corrected chi connectivity index (χ4v) is 2.42. The summed E-state index contributed by atoms with van der Waals surface area (Å²) in [6.45, 7) is 5.67. The van der Waals surface area contributed by atoms with Crippen LogP contribution in [0.4, 0.5) is 5.69 Å². The Kier molecular flexibility index (Phi) is 4.09. The lowest BCUT2D eigenvalue weighted by Crippen LogP contribution is -2.17. The van der Waals surface area contributed by atoms with Crippen LogP contribution in [0.2, 0.25) is 5.02 Å². The third-order valence-corrected chi connectivity index (χ3v) is 3.85. The molecule has 1 heterocycles. The minimum Gasteiger partial charge on any atom is -0.436 e. The number of nitrogens with one attached hydrogen (secondary N) is 1. The molecule has 23 heavy (non-hydrogen) atoms. The standard InChI is InChI=1S/C18H17ClN2O2/c1-10(2)17(22)20-14-6-5-12(9-13(14)19)18-21-15-8-11(3)4-7-16(15)23-18/h4-10H,1-3H3,(H,20,22). The fraction of sp³-hybridized carbons (Fsp3) is 0.222. The first-order valence-electron chi connectivity index (χ1n) is 7.42. The molecule has 4 nitrogen and oxygen atoms in total. The number of carbonyl (C=O) groups is 1. The first-order valence-corrected chi connectivity index (χ1v) is 7.80. The molecule has 0 fully saturated rings. The van der Waals surface area contributed by atoms with Crippen LogP contribution in [0.15, 0.2) is 40.8 Å². The van der Waals surface area contributed by atoms with Crippen molar-refractivity contribution in [3.63, 3.8) is 0 Å². The Hall–Kier alpha value is -2.33. The molecular weight excluding hydrogens is 312 g/mol. The van der Waals surface area contributed by atoms with Crippen LogP contribution in [-0.4, -0.2) is 10.9 Å². The van der Waals surface area contributed by atoms with Crippen molar-refractivity contribution in [2.45, 2.75) is 20.8 Å². The fourth-order valence-electron chi connectivity index (χ4n) is 2.19. The maximum absolute atomic E-state index is 11.8. The van der Waals surface area contributed by atoms with E-state index in [0.29, 0.717) is 16.6 Å². The van der Waals surface area contributed by atoms with E-state index in [0.717, 1.165) is 22.2 Å². The summed E-state index contributed by atoms with van der Waals surface area (Å²) in [6.07, 6.45) is 0. The summed E-state index contributed by atoms with van der Waals surface area (Å²) >= 11 is 6.27. The molecular formula is C18H17ClN2O2. The maximum Gasteiger partial charge on any atom is 0.227 e. The van der Waals surface area contributed by atoms with Crippen molar-refractivity contribution in [3.05, 3.63) is 47.0 Å². The summed E-state index contributed by atoms with van der Waals surface area (Å²) in [5, 5.41) is 3.25. The zero-order chi connectivity index (χ0) is 16.6. The van der Waals surface area contributed by atoms with E-state index in [-0.39, 0.29) is 11.8 Å². The van der Waals surface area contributed by atoms with E-state index in [9.17, 15) is 4.79 Å². The van der Waals surface area contributed by atoms with Crippen LogP contribution in [0, 0.1) is 12.8 Å². The van der Waals surface area contributed by atoms with Crippen LogP contribution in [0.25, 0.3) is 22.6 Å². The minimum absolute atomic E-state index is 0.0722. The Morgan fingerprint density at radius 1 is 1.22 bits per heavy atom. The lowest BCUT2D eigenvalue weighted by atomic mass is 10.1. The van der Waals surface area contributed by atoms with Crippen LogP contribution < -0.4 is 5.32 Å². The Morgan fingerprint density at radius 3 is 2.70 bits per heavy atom. The van der Waals surface area contributed by atoms with Crippen LogP contribution >= 0.6 is 11.6 Å². The van der Waals surface area contributed by atoms with Crippen LogP contribution in [0.5, 0.6) is 0 Å². The molecule has 3 aromatic rings. The number of hydrogen-bond donors (Lipinski definition) is 1. The van der Waals surface area contributed by atoms with Crippen LogP contribution in [0.1, 0.15) is 19.4 Å². The molecule has 0 aliphatic rings. The summed E-state index contributed by atoms with van der Waals surface area (Å²) in [5.41, 5.74) is 4.03. The van der Waals surface area contributed by atoms with Gasteiger partial charge in [-0.1, -0.05) is 31.5 Å². The Bertz CT molecular complexity index is 884. The molecule has 1 N–H and O–H groups in total. The normalized spacial score (nSPS) is 11.2. The number of nitrogens with zero attached hydrogens (tertiary/aromatic N) is 1. The molecule has 0 radical (unpaired) electrons. The summed E-state index contributed by atoms with van der Waals surface area (Å²) in [7, 11) is 0. The topological polar surface area (TPSA) is 55.1 Å². The van der Waals surface area contributed by atoms with Gasteiger partial charge >= 0.3 is 0 Å². The van der Waals surface area contributed by atoms with Gasteiger partial charge in [-0.15, -0.1) is 0 Å². The van der Waals surface area contributed by atoms with E-state index in [2.05, 4.69) is 10.3 Å². The number of benzene rings is 2. The van der Waals surface area contributed by atoms with Gasteiger partial charge in [0, 0.05) is 11.5 Å². The predicted molar refractivity (Wildman–Crippen MR) is 92.7 cm³/mol. The van der Waals surface area contributed by atoms with E-state index < -0.39 is 0 Å². The molecule has 0 unspecified atom stereocenters. The van der Waals surface area contributed by atoms with Gasteiger partial charge in [0.1, 0.15) is 5.52 Å². The number of aromatic nitrogens is 1. The molecule has 0 saturated carbocycles. The number of amides is 1. The maximum atomic E-state index is 11.8. The zero-order valence-corrected chi connectivity index (χ0v) is 13.9.